The number of halogens is 6. The van der Waals surface area contributed by atoms with Crippen LogP contribution in [0.1, 0.15) is 43.0 Å². The molecule has 0 bridgehead atoms. The van der Waals surface area contributed by atoms with E-state index in [0.717, 1.165) is 27.9 Å². The van der Waals surface area contributed by atoms with Crippen LogP contribution in [-0.2, 0) is 28.9 Å². The summed E-state index contributed by atoms with van der Waals surface area (Å²) in [5.41, 5.74) is 2.70. The molecule has 0 spiro atoms. The Kier molecular flexibility index (Phi) is 6.85. The SMILES string of the molecule is CC(C)(C#N)c1nnc(-c2cc3c(cc2F)C(F)(F)C[C@@H](N)C(=O)N3Cc2ccc(-n3ccc(C(F)(F)F)n3)cc2)o1. The summed E-state index contributed by atoms with van der Waals surface area (Å²) in [7, 11) is 0. The van der Waals surface area contributed by atoms with Gasteiger partial charge in [-0.3, -0.25) is 4.79 Å². The van der Waals surface area contributed by atoms with Gasteiger partial charge in [0, 0.05) is 18.2 Å². The first kappa shape index (κ1) is 28.8. The first-order valence-corrected chi connectivity index (χ1v) is 12.4. The number of anilines is 1. The van der Waals surface area contributed by atoms with E-state index in [0.29, 0.717) is 11.6 Å². The third-order valence-electron chi connectivity index (χ3n) is 6.72. The minimum absolute atomic E-state index is 0.130. The van der Waals surface area contributed by atoms with Crippen LogP contribution in [0.2, 0.25) is 0 Å². The molecule has 3 heterocycles. The molecule has 5 rings (SSSR count). The number of amides is 1. The predicted molar refractivity (Wildman–Crippen MR) is 135 cm³/mol. The molecule has 0 saturated heterocycles. The van der Waals surface area contributed by atoms with Crippen molar-refractivity contribution in [2.75, 3.05) is 4.90 Å². The normalized spacial score (nSPS) is 17.1. The highest BCUT2D eigenvalue weighted by molar-refractivity contribution is 5.99. The van der Waals surface area contributed by atoms with Crippen molar-refractivity contribution in [1.29, 1.82) is 5.26 Å². The average molecular weight is 590 g/mol. The van der Waals surface area contributed by atoms with Gasteiger partial charge in [-0.1, -0.05) is 12.1 Å². The summed E-state index contributed by atoms with van der Waals surface area (Å²) in [4.78, 5) is 14.2. The van der Waals surface area contributed by atoms with Gasteiger partial charge in [-0.05, 0) is 49.7 Å². The molecule has 0 aliphatic carbocycles. The summed E-state index contributed by atoms with van der Waals surface area (Å²) in [6.07, 6.45) is -4.57. The molecule has 2 N–H and O–H groups in total. The van der Waals surface area contributed by atoms with E-state index in [1.54, 1.807) is 0 Å². The second kappa shape index (κ2) is 9.98. The highest BCUT2D eigenvalue weighted by Crippen LogP contribution is 2.45. The molecule has 2 aromatic carbocycles. The van der Waals surface area contributed by atoms with Crippen LogP contribution in [0, 0.1) is 17.1 Å². The Hall–Kier alpha value is -4.71. The molecule has 1 aliphatic heterocycles. The molecule has 218 valence electrons. The molecule has 1 aliphatic rings. The van der Waals surface area contributed by atoms with Crippen LogP contribution in [0.4, 0.5) is 32.0 Å². The van der Waals surface area contributed by atoms with Gasteiger partial charge in [0.15, 0.2) is 5.69 Å². The standard InChI is InChI=1S/C27H21F6N7O2/c1-25(2,13-34)24-37-36-22(42-24)16-9-20-17(10-18(16)28)26(29,30)11-19(35)23(41)39(20)12-14-3-5-15(6-4-14)40-8-7-21(38-40)27(31,32)33/h3-10,19H,11-12,35H2,1-2H3/t19-/m1/s1. The zero-order valence-corrected chi connectivity index (χ0v) is 22.0. The van der Waals surface area contributed by atoms with Gasteiger partial charge in [-0.2, -0.15) is 23.5 Å². The van der Waals surface area contributed by atoms with Gasteiger partial charge in [0.2, 0.25) is 11.8 Å². The van der Waals surface area contributed by atoms with Gasteiger partial charge in [-0.25, -0.2) is 17.9 Å². The van der Waals surface area contributed by atoms with Crippen LogP contribution in [0.3, 0.4) is 0 Å². The van der Waals surface area contributed by atoms with E-state index >= 15 is 13.2 Å². The third kappa shape index (κ3) is 5.20. The maximum absolute atomic E-state index is 15.2. The van der Waals surface area contributed by atoms with E-state index in [9.17, 15) is 23.2 Å². The van der Waals surface area contributed by atoms with E-state index in [-0.39, 0.29) is 35.3 Å². The molecular weight excluding hydrogens is 568 g/mol. The van der Waals surface area contributed by atoms with Crippen LogP contribution in [0.5, 0.6) is 0 Å². The summed E-state index contributed by atoms with van der Waals surface area (Å²) in [6, 6.07) is 8.55. The lowest BCUT2D eigenvalue weighted by Crippen LogP contribution is -2.43. The van der Waals surface area contributed by atoms with E-state index in [1.165, 1.54) is 38.1 Å². The van der Waals surface area contributed by atoms with E-state index in [1.807, 2.05) is 6.07 Å². The van der Waals surface area contributed by atoms with Crippen LogP contribution >= 0.6 is 0 Å². The first-order chi connectivity index (χ1) is 19.6. The molecule has 1 atom stereocenters. The summed E-state index contributed by atoms with van der Waals surface area (Å²) in [5, 5.41) is 20.4. The van der Waals surface area contributed by atoms with E-state index in [2.05, 4.69) is 15.3 Å². The molecule has 15 heteroatoms. The summed E-state index contributed by atoms with van der Waals surface area (Å²) < 4.78 is 91.0. The number of carbonyl (C=O) groups is 1. The number of hydrogen-bond acceptors (Lipinski definition) is 7. The van der Waals surface area contributed by atoms with Gasteiger partial charge in [0.25, 0.3) is 11.8 Å². The number of nitriles is 1. The monoisotopic (exact) mass is 589 g/mol. The Morgan fingerprint density at radius 1 is 1.14 bits per heavy atom. The van der Waals surface area contributed by atoms with Gasteiger partial charge in [-0.15, -0.1) is 10.2 Å². The number of rotatable bonds is 5. The number of benzene rings is 2. The number of aromatic nitrogens is 4. The fourth-order valence-corrected chi connectivity index (χ4v) is 4.39. The molecule has 0 radical (unpaired) electrons. The number of nitrogens with two attached hydrogens (primary N) is 1. The maximum atomic E-state index is 15.2. The molecule has 0 saturated carbocycles. The Balaban J connectivity index is 1.54. The topological polar surface area (TPSA) is 127 Å². The zero-order valence-electron chi connectivity index (χ0n) is 22.0. The number of alkyl halides is 5. The molecule has 42 heavy (non-hydrogen) atoms. The lowest BCUT2D eigenvalue weighted by Gasteiger charge is -2.25. The highest BCUT2D eigenvalue weighted by Gasteiger charge is 2.45. The second-order valence-electron chi connectivity index (χ2n) is 10.2. The third-order valence-corrected chi connectivity index (χ3v) is 6.72. The Labute approximate surface area is 234 Å². The first-order valence-electron chi connectivity index (χ1n) is 12.4. The number of hydrogen-bond donors (Lipinski definition) is 1. The van der Waals surface area contributed by atoms with Gasteiger partial charge in [0.05, 0.1) is 35.6 Å². The molecule has 0 fully saturated rings. The number of carbonyl (C=O) groups excluding carboxylic acids is 1. The van der Waals surface area contributed by atoms with Crippen molar-refractivity contribution in [3.63, 3.8) is 0 Å². The number of fused-ring (bicyclic) bond motifs is 1. The maximum Gasteiger partial charge on any atom is 0.435 e. The van der Waals surface area contributed by atoms with Crippen LogP contribution in [0.25, 0.3) is 17.1 Å². The molecular formula is C27H21F6N7O2. The van der Waals surface area contributed by atoms with Gasteiger partial charge in [0.1, 0.15) is 11.2 Å². The van der Waals surface area contributed by atoms with Crippen molar-refractivity contribution < 1.29 is 35.6 Å². The summed E-state index contributed by atoms with van der Waals surface area (Å²) in [6.45, 7) is 2.70. The van der Waals surface area contributed by atoms with Crippen molar-refractivity contribution >= 4 is 11.6 Å². The van der Waals surface area contributed by atoms with Crippen molar-refractivity contribution in [3.8, 4) is 23.2 Å². The molecule has 4 aromatic rings. The van der Waals surface area contributed by atoms with Crippen molar-refractivity contribution in [1.82, 2.24) is 20.0 Å². The summed E-state index contributed by atoms with van der Waals surface area (Å²) in [5.74, 6) is -6.19. The zero-order chi connectivity index (χ0) is 30.6. The fraction of sp³-hybridized carbons (Fsp3) is 0.296. The summed E-state index contributed by atoms with van der Waals surface area (Å²) >= 11 is 0. The molecule has 1 amide bonds. The van der Waals surface area contributed by atoms with Gasteiger partial charge < -0.3 is 15.1 Å². The fourth-order valence-electron chi connectivity index (χ4n) is 4.39. The Morgan fingerprint density at radius 3 is 2.45 bits per heavy atom. The van der Waals surface area contributed by atoms with Crippen molar-refractivity contribution in [2.45, 2.75) is 50.4 Å². The van der Waals surface area contributed by atoms with Crippen LogP contribution in [-0.4, -0.2) is 31.9 Å². The number of nitrogens with zero attached hydrogens (tertiary/aromatic N) is 6. The predicted octanol–water partition coefficient (Wildman–Crippen LogP) is 5.24. The van der Waals surface area contributed by atoms with Crippen LogP contribution < -0.4 is 10.6 Å². The highest BCUT2D eigenvalue weighted by atomic mass is 19.4. The van der Waals surface area contributed by atoms with Crippen molar-refractivity contribution in [2.24, 2.45) is 5.73 Å². The largest absolute Gasteiger partial charge is 0.435 e. The second-order valence-corrected chi connectivity index (χ2v) is 10.2. The minimum Gasteiger partial charge on any atom is -0.419 e. The average Bonchev–Trinajstić information content (AvgIpc) is 3.61. The lowest BCUT2D eigenvalue weighted by atomic mass is 9.96. The smallest absolute Gasteiger partial charge is 0.419 e. The van der Waals surface area contributed by atoms with E-state index in [4.69, 9.17) is 10.2 Å². The van der Waals surface area contributed by atoms with E-state index < -0.39 is 53.0 Å². The Morgan fingerprint density at radius 2 is 1.83 bits per heavy atom. The molecule has 2 aromatic heterocycles. The molecule has 9 nitrogen and oxygen atoms in total. The Bertz CT molecular complexity index is 1700. The lowest BCUT2D eigenvalue weighted by molar-refractivity contribution is -0.141. The van der Waals surface area contributed by atoms with Gasteiger partial charge >= 0.3 is 6.18 Å². The quantitative estimate of drug-likeness (QED) is 0.316. The van der Waals surface area contributed by atoms with Crippen LogP contribution in [0.15, 0.2) is 53.1 Å². The molecule has 0 unspecified atom stereocenters. The van der Waals surface area contributed by atoms with Crippen molar-refractivity contribution in [3.05, 3.63) is 77.2 Å². The minimum atomic E-state index is -4.63.